The van der Waals surface area contributed by atoms with E-state index < -0.39 is 0 Å². The normalized spacial score (nSPS) is 30.9. The molecule has 2 heteroatoms. The molecule has 10 heavy (non-hydrogen) atoms. The maximum atomic E-state index is 4.10. The van der Waals surface area contributed by atoms with E-state index in [-0.39, 0.29) is 5.41 Å². The van der Waals surface area contributed by atoms with Crippen LogP contribution in [0.25, 0.3) is 0 Å². The van der Waals surface area contributed by atoms with E-state index >= 15 is 0 Å². The Balaban J connectivity index is 2.59. The second kappa shape index (κ2) is 2.60. The van der Waals surface area contributed by atoms with Crippen molar-refractivity contribution in [3.8, 4) is 0 Å². The molecule has 1 heterocycles. The number of rotatable bonds is 0. The highest BCUT2D eigenvalue weighted by Crippen LogP contribution is 2.23. The number of nitrogens with zero attached hydrogens (tertiary/aromatic N) is 1. The van der Waals surface area contributed by atoms with E-state index in [9.17, 15) is 0 Å². The highest BCUT2D eigenvalue weighted by Gasteiger charge is 2.20. The molecule has 0 amide bonds. The lowest BCUT2D eigenvalue weighted by molar-refractivity contribution is 0.386. The van der Waals surface area contributed by atoms with Crippen LogP contribution in [0, 0.1) is 11.3 Å². The van der Waals surface area contributed by atoms with Crippen LogP contribution in [0.3, 0.4) is 0 Å². The van der Waals surface area contributed by atoms with Gasteiger partial charge in [-0.15, -0.1) is 0 Å². The molecule has 1 rings (SSSR count). The van der Waals surface area contributed by atoms with Crippen LogP contribution in [0.4, 0.5) is 0 Å². The Morgan fingerprint density at radius 1 is 1.60 bits per heavy atom. The third-order valence-corrected chi connectivity index (χ3v) is 1.82. The van der Waals surface area contributed by atoms with Crippen LogP contribution in [0.5, 0.6) is 0 Å². The lowest BCUT2D eigenvalue weighted by atomic mass is 9.85. The van der Waals surface area contributed by atoms with Gasteiger partial charge in [0.25, 0.3) is 0 Å². The Bertz CT molecular complexity index is 138. The summed E-state index contributed by atoms with van der Waals surface area (Å²) in [5.74, 6) is 0.734. The monoisotopic (exact) mass is 140 g/mol. The molecule has 0 saturated heterocycles. The van der Waals surface area contributed by atoms with Crippen LogP contribution in [-0.2, 0) is 0 Å². The first kappa shape index (κ1) is 7.58. The number of hydrazone groups is 1. The van der Waals surface area contributed by atoms with E-state index in [4.69, 9.17) is 0 Å². The van der Waals surface area contributed by atoms with Gasteiger partial charge in [-0.2, -0.15) is 5.10 Å². The lowest BCUT2D eigenvalue weighted by Crippen LogP contribution is -2.17. The van der Waals surface area contributed by atoms with Gasteiger partial charge in [-0.1, -0.05) is 20.8 Å². The van der Waals surface area contributed by atoms with Crippen molar-refractivity contribution in [2.45, 2.75) is 27.2 Å². The molecule has 0 saturated carbocycles. The maximum absolute atomic E-state index is 4.10. The maximum Gasteiger partial charge on any atom is 0.0355 e. The molecule has 1 unspecified atom stereocenters. The molecule has 1 aliphatic heterocycles. The topological polar surface area (TPSA) is 24.4 Å². The smallest absolute Gasteiger partial charge is 0.0355 e. The van der Waals surface area contributed by atoms with Crippen molar-refractivity contribution in [2.24, 2.45) is 16.4 Å². The molecule has 1 atom stereocenters. The average molecular weight is 140 g/mol. The first-order valence-electron chi connectivity index (χ1n) is 3.87. The molecule has 2 nitrogen and oxygen atoms in total. The standard InChI is InChI=1S/C8H16N2/c1-7-4-8(2,3)6-10-9-5-7/h6-7,9H,4-5H2,1-3H3. The highest BCUT2D eigenvalue weighted by molar-refractivity contribution is 5.64. The summed E-state index contributed by atoms with van der Waals surface area (Å²) in [5, 5.41) is 4.10. The molecular weight excluding hydrogens is 124 g/mol. The number of nitrogens with one attached hydrogen (secondary N) is 1. The van der Waals surface area contributed by atoms with Crippen LogP contribution >= 0.6 is 0 Å². The Morgan fingerprint density at radius 3 is 3.00 bits per heavy atom. The van der Waals surface area contributed by atoms with Crippen molar-refractivity contribution < 1.29 is 0 Å². The quantitative estimate of drug-likeness (QED) is 0.543. The van der Waals surface area contributed by atoms with E-state index in [2.05, 4.69) is 31.3 Å². The minimum Gasteiger partial charge on any atom is -0.310 e. The van der Waals surface area contributed by atoms with Crippen LogP contribution in [-0.4, -0.2) is 12.8 Å². The summed E-state index contributed by atoms with van der Waals surface area (Å²) in [7, 11) is 0. The molecule has 0 aromatic heterocycles. The molecule has 0 spiro atoms. The van der Waals surface area contributed by atoms with Gasteiger partial charge in [0.2, 0.25) is 0 Å². The zero-order chi connectivity index (χ0) is 7.61. The molecule has 58 valence electrons. The van der Waals surface area contributed by atoms with Gasteiger partial charge in [0.1, 0.15) is 0 Å². The summed E-state index contributed by atoms with van der Waals surface area (Å²) in [6.07, 6.45) is 3.24. The first-order chi connectivity index (χ1) is 4.60. The van der Waals surface area contributed by atoms with Crippen molar-refractivity contribution in [3.63, 3.8) is 0 Å². The molecule has 0 aromatic carbocycles. The highest BCUT2D eigenvalue weighted by atomic mass is 15.3. The van der Waals surface area contributed by atoms with Gasteiger partial charge >= 0.3 is 0 Å². The van der Waals surface area contributed by atoms with Crippen molar-refractivity contribution in [1.82, 2.24) is 5.43 Å². The van der Waals surface area contributed by atoms with E-state index in [0.717, 1.165) is 12.5 Å². The summed E-state index contributed by atoms with van der Waals surface area (Å²) >= 11 is 0. The summed E-state index contributed by atoms with van der Waals surface area (Å²) in [6.45, 7) is 7.71. The fourth-order valence-electron chi connectivity index (χ4n) is 1.45. The molecule has 0 radical (unpaired) electrons. The minimum atomic E-state index is 0.281. The number of hydrogen-bond acceptors (Lipinski definition) is 2. The van der Waals surface area contributed by atoms with Gasteiger partial charge in [0.05, 0.1) is 0 Å². The summed E-state index contributed by atoms with van der Waals surface area (Å²) < 4.78 is 0. The SMILES string of the molecule is CC1CNN=CC(C)(C)C1. The second-order valence-corrected chi connectivity index (χ2v) is 3.92. The number of hydrogen-bond donors (Lipinski definition) is 1. The molecule has 0 aliphatic carbocycles. The van der Waals surface area contributed by atoms with Crippen LogP contribution < -0.4 is 5.43 Å². The lowest BCUT2D eigenvalue weighted by Gasteiger charge is -2.19. The van der Waals surface area contributed by atoms with E-state index in [1.807, 2.05) is 6.21 Å². The van der Waals surface area contributed by atoms with Gasteiger partial charge < -0.3 is 5.43 Å². The van der Waals surface area contributed by atoms with Gasteiger partial charge in [-0.05, 0) is 12.3 Å². The molecule has 0 bridgehead atoms. The molecule has 0 aromatic rings. The second-order valence-electron chi connectivity index (χ2n) is 3.92. The Hall–Kier alpha value is -0.530. The van der Waals surface area contributed by atoms with Gasteiger partial charge in [-0.3, -0.25) is 0 Å². The Morgan fingerprint density at radius 2 is 2.30 bits per heavy atom. The van der Waals surface area contributed by atoms with Crippen LogP contribution in [0.1, 0.15) is 27.2 Å². The van der Waals surface area contributed by atoms with Crippen molar-refractivity contribution in [1.29, 1.82) is 0 Å². The van der Waals surface area contributed by atoms with E-state index in [0.29, 0.717) is 0 Å². The van der Waals surface area contributed by atoms with Gasteiger partial charge in [0, 0.05) is 18.2 Å². The van der Waals surface area contributed by atoms with Crippen molar-refractivity contribution in [3.05, 3.63) is 0 Å². The van der Waals surface area contributed by atoms with Crippen LogP contribution in [0.15, 0.2) is 5.10 Å². The van der Waals surface area contributed by atoms with Gasteiger partial charge in [-0.25, -0.2) is 0 Å². The molecule has 0 fully saturated rings. The average Bonchev–Trinajstić information content (AvgIpc) is 1.90. The van der Waals surface area contributed by atoms with Crippen LogP contribution in [0.2, 0.25) is 0 Å². The third-order valence-electron chi connectivity index (χ3n) is 1.82. The first-order valence-corrected chi connectivity index (χ1v) is 3.87. The predicted molar refractivity (Wildman–Crippen MR) is 44.1 cm³/mol. The fourth-order valence-corrected chi connectivity index (χ4v) is 1.45. The Labute approximate surface area is 62.7 Å². The molecular formula is C8H16N2. The zero-order valence-corrected chi connectivity index (χ0v) is 7.02. The summed E-state index contributed by atoms with van der Waals surface area (Å²) in [6, 6.07) is 0. The van der Waals surface area contributed by atoms with Crippen molar-refractivity contribution >= 4 is 6.21 Å². The Kier molecular flexibility index (Phi) is 1.97. The summed E-state index contributed by atoms with van der Waals surface area (Å²) in [4.78, 5) is 0. The third kappa shape index (κ3) is 2.01. The van der Waals surface area contributed by atoms with Crippen molar-refractivity contribution in [2.75, 3.05) is 6.54 Å². The predicted octanol–water partition coefficient (Wildman–Crippen LogP) is 1.63. The van der Waals surface area contributed by atoms with E-state index in [1.54, 1.807) is 0 Å². The molecule has 1 aliphatic rings. The van der Waals surface area contributed by atoms with Gasteiger partial charge in [0.15, 0.2) is 0 Å². The minimum absolute atomic E-state index is 0.281. The fraction of sp³-hybridized carbons (Fsp3) is 0.875. The molecule has 1 N–H and O–H groups in total. The summed E-state index contributed by atoms with van der Waals surface area (Å²) in [5.41, 5.74) is 3.30. The largest absolute Gasteiger partial charge is 0.310 e. The van der Waals surface area contributed by atoms with E-state index in [1.165, 1.54) is 6.42 Å². The zero-order valence-electron chi connectivity index (χ0n) is 7.02.